The highest BCUT2D eigenvalue weighted by Gasteiger charge is 2.21. The van der Waals surface area contributed by atoms with Crippen LogP contribution in [0.25, 0.3) is 0 Å². The SMILES string of the molecule is CCC(O)Oc1ccc([C@H]2CC[C@H](CC)CC2)cc1. The summed E-state index contributed by atoms with van der Waals surface area (Å²) in [6.45, 7) is 4.21. The summed E-state index contributed by atoms with van der Waals surface area (Å²) in [5.41, 5.74) is 1.42. The third kappa shape index (κ3) is 3.97. The summed E-state index contributed by atoms with van der Waals surface area (Å²) >= 11 is 0. The molecule has 0 bridgehead atoms. The van der Waals surface area contributed by atoms with Gasteiger partial charge in [-0.05, 0) is 55.2 Å². The van der Waals surface area contributed by atoms with Gasteiger partial charge in [0.2, 0.25) is 0 Å². The molecule has 1 saturated carbocycles. The summed E-state index contributed by atoms with van der Waals surface area (Å²) in [4.78, 5) is 0. The van der Waals surface area contributed by atoms with Crippen molar-refractivity contribution in [3.63, 3.8) is 0 Å². The van der Waals surface area contributed by atoms with Crippen LogP contribution in [0.15, 0.2) is 24.3 Å². The van der Waals surface area contributed by atoms with Crippen molar-refractivity contribution in [2.24, 2.45) is 5.92 Å². The predicted octanol–water partition coefficient (Wildman–Crippen LogP) is 4.48. The summed E-state index contributed by atoms with van der Waals surface area (Å²) in [7, 11) is 0. The average molecular weight is 262 g/mol. The minimum atomic E-state index is -0.689. The van der Waals surface area contributed by atoms with E-state index in [4.69, 9.17) is 4.74 Å². The molecule has 1 fully saturated rings. The molecule has 0 spiro atoms. The van der Waals surface area contributed by atoms with Crippen LogP contribution in [0.4, 0.5) is 0 Å². The van der Waals surface area contributed by atoms with Crippen LogP contribution >= 0.6 is 0 Å². The smallest absolute Gasteiger partial charge is 0.197 e. The fourth-order valence-corrected chi connectivity index (χ4v) is 2.96. The number of aliphatic hydroxyl groups excluding tert-OH is 1. The van der Waals surface area contributed by atoms with Gasteiger partial charge in [0.05, 0.1) is 0 Å². The van der Waals surface area contributed by atoms with E-state index in [1.54, 1.807) is 0 Å². The zero-order valence-electron chi connectivity index (χ0n) is 12.1. The molecule has 2 rings (SSSR count). The molecule has 1 atom stereocenters. The van der Waals surface area contributed by atoms with Gasteiger partial charge >= 0.3 is 0 Å². The summed E-state index contributed by atoms with van der Waals surface area (Å²) in [5.74, 6) is 2.42. The minimum Gasteiger partial charge on any atom is -0.465 e. The van der Waals surface area contributed by atoms with E-state index >= 15 is 0 Å². The van der Waals surface area contributed by atoms with E-state index in [0.29, 0.717) is 12.3 Å². The Morgan fingerprint density at radius 1 is 1.11 bits per heavy atom. The lowest BCUT2D eigenvalue weighted by Crippen LogP contribution is -2.14. The van der Waals surface area contributed by atoms with Crippen molar-refractivity contribution in [3.05, 3.63) is 29.8 Å². The lowest BCUT2D eigenvalue weighted by atomic mass is 9.78. The van der Waals surface area contributed by atoms with Gasteiger partial charge in [-0.2, -0.15) is 0 Å². The van der Waals surface area contributed by atoms with Gasteiger partial charge < -0.3 is 9.84 Å². The first-order chi connectivity index (χ1) is 9.22. The second-order valence-corrected chi connectivity index (χ2v) is 5.68. The molecule has 2 heteroatoms. The third-order valence-corrected chi connectivity index (χ3v) is 4.40. The summed E-state index contributed by atoms with van der Waals surface area (Å²) in [5, 5.41) is 9.46. The van der Waals surface area contributed by atoms with Gasteiger partial charge in [-0.1, -0.05) is 32.4 Å². The largest absolute Gasteiger partial charge is 0.465 e. The Bertz CT molecular complexity index is 363. The average Bonchev–Trinajstić information content (AvgIpc) is 2.48. The standard InChI is InChI=1S/C17H26O2/c1-3-13-5-7-14(8-6-13)15-9-11-16(12-10-15)19-17(18)4-2/h9-14,17-18H,3-8H2,1-2H3/t13-,14-,17?. The van der Waals surface area contributed by atoms with E-state index in [0.717, 1.165) is 11.7 Å². The Morgan fingerprint density at radius 2 is 1.74 bits per heavy atom. The molecule has 1 aliphatic carbocycles. The quantitative estimate of drug-likeness (QED) is 0.793. The molecule has 1 aliphatic rings. The van der Waals surface area contributed by atoms with Crippen LogP contribution < -0.4 is 4.74 Å². The van der Waals surface area contributed by atoms with Gasteiger partial charge in [-0.3, -0.25) is 0 Å². The number of hydrogen-bond donors (Lipinski definition) is 1. The van der Waals surface area contributed by atoms with Gasteiger partial charge in [0.15, 0.2) is 6.29 Å². The van der Waals surface area contributed by atoms with Gasteiger partial charge in [0.25, 0.3) is 0 Å². The lowest BCUT2D eigenvalue weighted by Gasteiger charge is -2.28. The molecule has 0 saturated heterocycles. The molecule has 0 radical (unpaired) electrons. The monoisotopic (exact) mass is 262 g/mol. The van der Waals surface area contributed by atoms with Gasteiger partial charge in [0.1, 0.15) is 5.75 Å². The van der Waals surface area contributed by atoms with E-state index in [9.17, 15) is 5.11 Å². The van der Waals surface area contributed by atoms with Gasteiger partial charge in [-0.15, -0.1) is 0 Å². The molecular weight excluding hydrogens is 236 g/mol. The first-order valence-electron chi connectivity index (χ1n) is 7.67. The first-order valence-corrected chi connectivity index (χ1v) is 7.67. The topological polar surface area (TPSA) is 29.5 Å². The van der Waals surface area contributed by atoms with Gasteiger partial charge in [-0.25, -0.2) is 0 Å². The third-order valence-electron chi connectivity index (χ3n) is 4.40. The van der Waals surface area contributed by atoms with Crippen molar-refractivity contribution in [2.75, 3.05) is 0 Å². The summed E-state index contributed by atoms with van der Waals surface area (Å²) in [6.07, 6.45) is 6.62. The molecule has 0 aromatic heterocycles. The second-order valence-electron chi connectivity index (χ2n) is 5.68. The highest BCUT2D eigenvalue weighted by molar-refractivity contribution is 5.29. The lowest BCUT2D eigenvalue weighted by molar-refractivity contribution is -0.0191. The Balaban J connectivity index is 1.91. The molecule has 0 heterocycles. The van der Waals surface area contributed by atoms with Crippen molar-refractivity contribution in [3.8, 4) is 5.75 Å². The van der Waals surface area contributed by atoms with Crippen LogP contribution in [0.3, 0.4) is 0 Å². The van der Waals surface area contributed by atoms with E-state index in [1.165, 1.54) is 37.7 Å². The molecule has 0 aliphatic heterocycles. The Kier molecular flexibility index (Phi) is 5.26. The zero-order chi connectivity index (χ0) is 13.7. The molecular formula is C17H26O2. The predicted molar refractivity (Wildman–Crippen MR) is 78.4 cm³/mol. The number of ether oxygens (including phenoxy) is 1. The van der Waals surface area contributed by atoms with Crippen molar-refractivity contribution in [1.29, 1.82) is 0 Å². The van der Waals surface area contributed by atoms with Crippen molar-refractivity contribution in [2.45, 2.75) is 64.6 Å². The zero-order valence-corrected chi connectivity index (χ0v) is 12.1. The van der Waals surface area contributed by atoms with Crippen LogP contribution in [0, 0.1) is 5.92 Å². The van der Waals surface area contributed by atoms with Crippen molar-refractivity contribution >= 4 is 0 Å². The summed E-state index contributed by atoms with van der Waals surface area (Å²) < 4.78 is 5.40. The van der Waals surface area contributed by atoms with Crippen LogP contribution in [0.2, 0.25) is 0 Å². The van der Waals surface area contributed by atoms with Crippen LogP contribution in [0.1, 0.15) is 63.9 Å². The van der Waals surface area contributed by atoms with E-state index in [2.05, 4.69) is 19.1 Å². The number of hydrogen-bond acceptors (Lipinski definition) is 2. The molecule has 1 aromatic carbocycles. The second kappa shape index (κ2) is 6.95. The Morgan fingerprint density at radius 3 is 2.26 bits per heavy atom. The maximum atomic E-state index is 9.46. The molecule has 106 valence electrons. The molecule has 2 nitrogen and oxygen atoms in total. The van der Waals surface area contributed by atoms with Crippen molar-refractivity contribution in [1.82, 2.24) is 0 Å². The molecule has 19 heavy (non-hydrogen) atoms. The normalized spacial score (nSPS) is 25.0. The number of benzene rings is 1. The highest BCUT2D eigenvalue weighted by atomic mass is 16.6. The molecule has 1 unspecified atom stereocenters. The van der Waals surface area contributed by atoms with Crippen LogP contribution in [0.5, 0.6) is 5.75 Å². The van der Waals surface area contributed by atoms with E-state index in [-0.39, 0.29) is 0 Å². The Hall–Kier alpha value is -1.02. The molecule has 1 N–H and O–H groups in total. The minimum absolute atomic E-state index is 0.614. The highest BCUT2D eigenvalue weighted by Crippen LogP contribution is 2.37. The van der Waals surface area contributed by atoms with Crippen LogP contribution in [-0.2, 0) is 0 Å². The molecule has 0 amide bonds. The van der Waals surface area contributed by atoms with E-state index < -0.39 is 6.29 Å². The fraction of sp³-hybridized carbons (Fsp3) is 0.647. The first kappa shape index (κ1) is 14.4. The molecule has 1 aromatic rings. The fourth-order valence-electron chi connectivity index (χ4n) is 2.96. The summed E-state index contributed by atoms with van der Waals surface area (Å²) in [6, 6.07) is 8.30. The van der Waals surface area contributed by atoms with Crippen molar-refractivity contribution < 1.29 is 9.84 Å². The Labute approximate surface area is 116 Å². The number of aliphatic hydroxyl groups is 1. The van der Waals surface area contributed by atoms with Crippen LogP contribution in [-0.4, -0.2) is 11.4 Å². The van der Waals surface area contributed by atoms with Gasteiger partial charge in [0, 0.05) is 6.42 Å². The maximum Gasteiger partial charge on any atom is 0.197 e. The van der Waals surface area contributed by atoms with E-state index in [1.807, 2.05) is 19.1 Å². The number of rotatable bonds is 5. The maximum absolute atomic E-state index is 9.46.